The van der Waals surface area contributed by atoms with Gasteiger partial charge in [0.05, 0.1) is 11.3 Å². The van der Waals surface area contributed by atoms with Gasteiger partial charge in [-0.1, -0.05) is 29.3 Å². The quantitative estimate of drug-likeness (QED) is 0.716. The van der Waals surface area contributed by atoms with Crippen LogP contribution in [0.3, 0.4) is 0 Å². The number of aromatic nitrogens is 2. The molecule has 0 bridgehead atoms. The fourth-order valence-corrected chi connectivity index (χ4v) is 3.64. The molecule has 1 N–H and O–H groups in total. The lowest BCUT2D eigenvalue weighted by Gasteiger charge is -2.07. The largest absolute Gasteiger partial charge is 0.478 e. The highest BCUT2D eigenvalue weighted by atomic mass is 35.5. The summed E-state index contributed by atoms with van der Waals surface area (Å²) in [7, 11) is 0. The van der Waals surface area contributed by atoms with Crippen LogP contribution in [0.1, 0.15) is 33.6 Å². The fraction of sp³-hybridized carbons (Fsp3) is 0.105. The molecular weight excluding hydrogens is 375 g/mol. The molecule has 0 radical (unpaired) electrons. The van der Waals surface area contributed by atoms with E-state index in [-0.39, 0.29) is 11.1 Å². The smallest absolute Gasteiger partial charge is 0.337 e. The average Bonchev–Trinajstić information content (AvgIpc) is 3.01. The number of pyridine rings is 1. The predicted molar refractivity (Wildman–Crippen MR) is 101 cm³/mol. The van der Waals surface area contributed by atoms with Crippen LogP contribution in [0.15, 0.2) is 41.3 Å². The molecule has 2 aromatic heterocycles. The minimum Gasteiger partial charge on any atom is -0.478 e. The van der Waals surface area contributed by atoms with Crippen LogP contribution in [-0.4, -0.2) is 20.5 Å². The number of halogens is 2. The van der Waals surface area contributed by atoms with E-state index in [1.54, 1.807) is 18.2 Å². The molecule has 0 atom stereocenters. The van der Waals surface area contributed by atoms with Crippen molar-refractivity contribution in [2.75, 3.05) is 0 Å². The van der Waals surface area contributed by atoms with E-state index in [4.69, 9.17) is 28.3 Å². The van der Waals surface area contributed by atoms with E-state index in [9.17, 15) is 9.59 Å². The first-order valence-corrected chi connectivity index (χ1v) is 8.65. The third kappa shape index (κ3) is 2.69. The molecule has 26 heavy (non-hydrogen) atoms. The van der Waals surface area contributed by atoms with E-state index in [1.807, 2.05) is 6.08 Å². The summed E-state index contributed by atoms with van der Waals surface area (Å²) in [6.45, 7) is 0. The van der Waals surface area contributed by atoms with Crippen LogP contribution in [0.2, 0.25) is 10.0 Å². The molecule has 5 nitrogen and oxygen atoms in total. The molecule has 3 aromatic rings. The van der Waals surface area contributed by atoms with E-state index >= 15 is 0 Å². The standard InChI is InChI=1S/C19H12Cl2N2O3/c20-14-2-1-3-15(21)13(14)8-10-4-6-12-17(10)22-16-7-5-11(19(25)26)9-23(16)18(12)24/h1-3,5,7-9H,4,6H2,(H,25,26)/b10-8-. The number of rotatable bonds is 2. The summed E-state index contributed by atoms with van der Waals surface area (Å²) < 4.78 is 1.29. The molecule has 1 aromatic carbocycles. The molecule has 1 aliphatic rings. The van der Waals surface area contributed by atoms with Gasteiger partial charge in [0.15, 0.2) is 0 Å². The van der Waals surface area contributed by atoms with Crippen LogP contribution in [0.4, 0.5) is 0 Å². The molecular formula is C19H12Cl2N2O3. The maximum Gasteiger partial charge on any atom is 0.337 e. The van der Waals surface area contributed by atoms with Gasteiger partial charge in [-0.2, -0.15) is 0 Å². The van der Waals surface area contributed by atoms with E-state index in [0.717, 1.165) is 5.57 Å². The number of allylic oxidation sites excluding steroid dienone is 1. The minimum absolute atomic E-state index is 0.0398. The van der Waals surface area contributed by atoms with Gasteiger partial charge in [0.25, 0.3) is 5.56 Å². The lowest BCUT2D eigenvalue weighted by molar-refractivity contribution is 0.0696. The number of hydrogen-bond acceptors (Lipinski definition) is 3. The summed E-state index contributed by atoms with van der Waals surface area (Å²) in [4.78, 5) is 28.5. The van der Waals surface area contributed by atoms with Crippen molar-refractivity contribution in [3.05, 3.63) is 79.3 Å². The Kier molecular flexibility index (Phi) is 4.05. The molecule has 2 heterocycles. The van der Waals surface area contributed by atoms with E-state index < -0.39 is 5.97 Å². The molecule has 0 aliphatic heterocycles. The van der Waals surface area contributed by atoms with Crippen molar-refractivity contribution in [2.24, 2.45) is 0 Å². The number of nitrogens with zero attached hydrogens (tertiary/aromatic N) is 2. The topological polar surface area (TPSA) is 71.7 Å². The van der Waals surface area contributed by atoms with Gasteiger partial charge in [-0.05, 0) is 48.8 Å². The van der Waals surface area contributed by atoms with E-state index in [2.05, 4.69) is 4.98 Å². The summed E-state index contributed by atoms with van der Waals surface area (Å²) in [5, 5.41) is 10.2. The third-order valence-electron chi connectivity index (χ3n) is 4.43. The lowest BCUT2D eigenvalue weighted by atomic mass is 10.1. The Morgan fingerprint density at radius 2 is 1.88 bits per heavy atom. The molecule has 130 valence electrons. The molecule has 1 aliphatic carbocycles. The fourth-order valence-electron chi connectivity index (χ4n) is 3.13. The maximum atomic E-state index is 12.8. The molecule has 0 amide bonds. The third-order valence-corrected chi connectivity index (χ3v) is 5.09. The Hall–Kier alpha value is -2.63. The Morgan fingerprint density at radius 3 is 2.58 bits per heavy atom. The number of benzene rings is 1. The van der Waals surface area contributed by atoms with Gasteiger partial charge >= 0.3 is 5.97 Å². The van der Waals surface area contributed by atoms with Gasteiger partial charge in [0, 0.05) is 27.4 Å². The normalized spacial score (nSPS) is 14.8. The van der Waals surface area contributed by atoms with Crippen LogP contribution in [-0.2, 0) is 6.42 Å². The number of carbonyl (C=O) groups is 1. The zero-order valence-corrected chi connectivity index (χ0v) is 14.9. The lowest BCUT2D eigenvalue weighted by Crippen LogP contribution is -2.20. The number of fused-ring (bicyclic) bond motifs is 2. The summed E-state index contributed by atoms with van der Waals surface area (Å²) in [6.07, 6.45) is 4.35. The van der Waals surface area contributed by atoms with Gasteiger partial charge in [-0.15, -0.1) is 0 Å². The van der Waals surface area contributed by atoms with Crippen molar-refractivity contribution in [3.63, 3.8) is 0 Å². The number of aromatic carboxylic acids is 1. The zero-order valence-electron chi connectivity index (χ0n) is 13.4. The van der Waals surface area contributed by atoms with Gasteiger partial charge in [-0.25, -0.2) is 9.78 Å². The van der Waals surface area contributed by atoms with Crippen molar-refractivity contribution in [1.82, 2.24) is 9.38 Å². The second-order valence-electron chi connectivity index (χ2n) is 6.00. The monoisotopic (exact) mass is 386 g/mol. The summed E-state index contributed by atoms with van der Waals surface area (Å²) in [5.41, 5.74) is 2.96. The molecule has 7 heteroatoms. The van der Waals surface area contributed by atoms with Crippen LogP contribution < -0.4 is 5.56 Å². The van der Waals surface area contributed by atoms with Crippen molar-refractivity contribution in [3.8, 4) is 0 Å². The van der Waals surface area contributed by atoms with Crippen molar-refractivity contribution < 1.29 is 9.90 Å². The first kappa shape index (κ1) is 16.8. The molecule has 0 spiro atoms. The summed E-state index contributed by atoms with van der Waals surface area (Å²) in [5.74, 6) is -1.09. The second kappa shape index (κ2) is 6.27. The van der Waals surface area contributed by atoms with Crippen molar-refractivity contribution >= 4 is 46.5 Å². The van der Waals surface area contributed by atoms with Gasteiger partial charge in [-0.3, -0.25) is 9.20 Å². The Labute approximate surface area is 158 Å². The van der Waals surface area contributed by atoms with Gasteiger partial charge in [0.2, 0.25) is 0 Å². The highest BCUT2D eigenvalue weighted by Gasteiger charge is 2.23. The SMILES string of the molecule is O=C(O)c1ccc2nc3c(c(=O)n2c1)CC/C3=C/c1c(Cl)cccc1Cl. The van der Waals surface area contributed by atoms with Crippen LogP contribution in [0, 0.1) is 0 Å². The molecule has 0 fully saturated rings. The van der Waals surface area contributed by atoms with Crippen molar-refractivity contribution in [1.29, 1.82) is 0 Å². The Morgan fingerprint density at radius 1 is 1.15 bits per heavy atom. The summed E-state index contributed by atoms with van der Waals surface area (Å²) >= 11 is 12.5. The highest BCUT2D eigenvalue weighted by Crippen LogP contribution is 2.34. The minimum atomic E-state index is -1.09. The highest BCUT2D eigenvalue weighted by molar-refractivity contribution is 6.37. The average molecular weight is 387 g/mol. The Bertz CT molecular complexity index is 1150. The molecule has 0 saturated heterocycles. The molecule has 0 unspecified atom stereocenters. The first-order chi connectivity index (χ1) is 12.5. The number of hydrogen-bond donors (Lipinski definition) is 1. The van der Waals surface area contributed by atoms with Crippen LogP contribution in [0.5, 0.6) is 0 Å². The van der Waals surface area contributed by atoms with Gasteiger partial charge < -0.3 is 5.11 Å². The van der Waals surface area contributed by atoms with Crippen molar-refractivity contribution in [2.45, 2.75) is 12.8 Å². The summed E-state index contributed by atoms with van der Waals surface area (Å²) in [6, 6.07) is 8.24. The maximum absolute atomic E-state index is 12.8. The van der Waals surface area contributed by atoms with E-state index in [1.165, 1.54) is 22.7 Å². The molecule has 0 saturated carbocycles. The number of carboxylic acids is 1. The predicted octanol–water partition coefficient (Wildman–Crippen LogP) is 4.19. The number of carboxylic acid groups (broad SMARTS) is 1. The molecule has 4 rings (SSSR count). The van der Waals surface area contributed by atoms with Crippen LogP contribution in [0.25, 0.3) is 17.3 Å². The first-order valence-electron chi connectivity index (χ1n) is 7.89. The second-order valence-corrected chi connectivity index (χ2v) is 6.81. The van der Waals surface area contributed by atoms with Crippen LogP contribution >= 0.6 is 23.2 Å². The zero-order chi connectivity index (χ0) is 18.4. The van der Waals surface area contributed by atoms with E-state index in [0.29, 0.717) is 45.4 Å². The Balaban J connectivity index is 1.91. The van der Waals surface area contributed by atoms with Gasteiger partial charge in [0.1, 0.15) is 5.65 Å².